The quantitative estimate of drug-likeness (QED) is 0.746. The molecule has 0 fully saturated rings. The second-order valence-electron chi connectivity index (χ2n) is 6.10. The van der Waals surface area contributed by atoms with Gasteiger partial charge >= 0.3 is 0 Å². The second-order valence-corrected chi connectivity index (χ2v) is 6.10. The molecule has 1 N–H and O–H groups in total. The summed E-state index contributed by atoms with van der Waals surface area (Å²) in [6.45, 7) is 2.60. The summed E-state index contributed by atoms with van der Waals surface area (Å²) in [6, 6.07) is 15.5. The molecule has 3 aromatic rings. The van der Waals surface area contributed by atoms with Gasteiger partial charge in [-0.3, -0.25) is 4.79 Å². The van der Waals surface area contributed by atoms with Crippen LogP contribution in [0.2, 0.25) is 0 Å². The number of nitrogens with one attached hydrogen (secondary N) is 1. The third-order valence-corrected chi connectivity index (χ3v) is 4.44. The first-order valence-corrected chi connectivity index (χ1v) is 8.26. The third kappa shape index (κ3) is 3.13. The molecular weight excluding hydrogens is 316 g/mol. The van der Waals surface area contributed by atoms with Crippen LogP contribution in [0.25, 0.3) is 10.8 Å². The molecule has 2 heterocycles. The Kier molecular flexibility index (Phi) is 3.98. The molecule has 0 saturated heterocycles. The van der Waals surface area contributed by atoms with Crippen molar-refractivity contribution in [1.82, 2.24) is 5.32 Å². The van der Waals surface area contributed by atoms with Crippen molar-refractivity contribution in [1.29, 1.82) is 0 Å². The number of benzene rings is 2. The van der Waals surface area contributed by atoms with E-state index in [-0.39, 0.29) is 18.7 Å². The maximum Gasteiger partial charge on any atom is 0.289 e. The zero-order chi connectivity index (χ0) is 17.2. The van der Waals surface area contributed by atoms with Crippen molar-refractivity contribution in [2.75, 3.05) is 6.79 Å². The Hall–Kier alpha value is -3.08. The number of ether oxygens (including phenoxy) is 2. The fraction of sp³-hybridized carbons (Fsp3) is 0.200. The SMILES string of the molecule is C[C@H](C(=O)NCc1ccc2c(c1)OCO2)[n+]1ccc2ccccc2c1. The van der Waals surface area contributed by atoms with E-state index in [1.165, 1.54) is 0 Å². The van der Waals surface area contributed by atoms with Crippen LogP contribution >= 0.6 is 0 Å². The van der Waals surface area contributed by atoms with Gasteiger partial charge in [-0.05, 0) is 29.1 Å². The summed E-state index contributed by atoms with van der Waals surface area (Å²) in [4.78, 5) is 12.5. The van der Waals surface area contributed by atoms with E-state index in [1.807, 2.05) is 66.3 Å². The van der Waals surface area contributed by atoms with Crippen LogP contribution in [0.15, 0.2) is 60.9 Å². The van der Waals surface area contributed by atoms with Gasteiger partial charge in [0.2, 0.25) is 12.8 Å². The van der Waals surface area contributed by atoms with Gasteiger partial charge in [0.15, 0.2) is 23.9 Å². The summed E-state index contributed by atoms with van der Waals surface area (Å²) < 4.78 is 12.6. The van der Waals surface area contributed by atoms with Gasteiger partial charge < -0.3 is 14.8 Å². The smallest absolute Gasteiger partial charge is 0.289 e. The van der Waals surface area contributed by atoms with E-state index in [1.54, 1.807) is 0 Å². The molecule has 1 aliphatic rings. The van der Waals surface area contributed by atoms with Crippen molar-refractivity contribution in [3.8, 4) is 11.5 Å². The third-order valence-electron chi connectivity index (χ3n) is 4.44. The molecule has 25 heavy (non-hydrogen) atoms. The average molecular weight is 335 g/mol. The highest BCUT2D eigenvalue weighted by atomic mass is 16.7. The van der Waals surface area contributed by atoms with Gasteiger partial charge in [-0.1, -0.05) is 24.3 Å². The molecule has 5 nitrogen and oxygen atoms in total. The molecule has 1 amide bonds. The Bertz CT molecular complexity index is 939. The van der Waals surface area contributed by atoms with Gasteiger partial charge in [0.1, 0.15) is 0 Å². The Morgan fingerprint density at radius 1 is 1.12 bits per heavy atom. The highest BCUT2D eigenvalue weighted by Gasteiger charge is 2.22. The predicted molar refractivity (Wildman–Crippen MR) is 93.3 cm³/mol. The van der Waals surface area contributed by atoms with Gasteiger partial charge in [-0.25, -0.2) is 0 Å². The molecule has 126 valence electrons. The van der Waals surface area contributed by atoms with Gasteiger partial charge in [0, 0.05) is 24.9 Å². The first-order chi connectivity index (χ1) is 12.2. The zero-order valence-electron chi connectivity index (χ0n) is 13.9. The van der Waals surface area contributed by atoms with E-state index in [4.69, 9.17) is 9.47 Å². The van der Waals surface area contributed by atoms with Gasteiger partial charge in [-0.15, -0.1) is 0 Å². The number of aromatic nitrogens is 1. The predicted octanol–water partition coefficient (Wildman–Crippen LogP) is 2.73. The topological polar surface area (TPSA) is 51.4 Å². The number of carbonyl (C=O) groups excluding carboxylic acids is 1. The Labute approximate surface area is 145 Å². The van der Waals surface area contributed by atoms with E-state index in [0.717, 1.165) is 27.8 Å². The number of amides is 1. The van der Waals surface area contributed by atoms with Crippen LogP contribution in [0.3, 0.4) is 0 Å². The standard InChI is InChI=1S/C20H18N2O3/c1-14(22-9-8-16-4-2-3-5-17(16)12-22)20(23)21-11-15-6-7-18-19(10-15)25-13-24-18/h2-10,12,14H,11,13H2,1H3/p+1/t14-/m1/s1. The van der Waals surface area contributed by atoms with Gasteiger partial charge in [-0.2, -0.15) is 4.57 Å². The van der Waals surface area contributed by atoms with Crippen LogP contribution in [-0.2, 0) is 11.3 Å². The molecular formula is C20H19N2O3+. The van der Waals surface area contributed by atoms with Crippen molar-refractivity contribution >= 4 is 16.7 Å². The van der Waals surface area contributed by atoms with Crippen molar-refractivity contribution in [2.45, 2.75) is 19.5 Å². The molecule has 0 spiro atoms. The molecule has 5 heteroatoms. The lowest BCUT2D eigenvalue weighted by Gasteiger charge is -2.10. The summed E-state index contributed by atoms with van der Waals surface area (Å²) >= 11 is 0. The minimum absolute atomic E-state index is 0.0297. The van der Waals surface area contributed by atoms with Crippen molar-refractivity contribution in [3.63, 3.8) is 0 Å². The fourth-order valence-corrected chi connectivity index (χ4v) is 2.91. The summed E-state index contributed by atoms with van der Waals surface area (Å²) in [5, 5.41) is 5.25. The fourth-order valence-electron chi connectivity index (χ4n) is 2.91. The first-order valence-electron chi connectivity index (χ1n) is 8.26. The van der Waals surface area contributed by atoms with Crippen molar-refractivity contribution < 1.29 is 18.8 Å². The van der Waals surface area contributed by atoms with Gasteiger partial charge in [0.05, 0.1) is 0 Å². The van der Waals surface area contributed by atoms with Crippen LogP contribution in [0.5, 0.6) is 11.5 Å². The maximum atomic E-state index is 12.5. The molecule has 1 aromatic heterocycles. The van der Waals surface area contributed by atoms with Gasteiger partial charge in [0.25, 0.3) is 5.91 Å². The highest BCUT2D eigenvalue weighted by molar-refractivity contribution is 5.81. The Morgan fingerprint density at radius 3 is 2.80 bits per heavy atom. The second kappa shape index (κ2) is 6.43. The molecule has 2 aromatic carbocycles. The van der Waals surface area contributed by atoms with E-state index in [2.05, 4.69) is 11.4 Å². The molecule has 1 aliphatic heterocycles. The maximum absolute atomic E-state index is 12.5. The highest BCUT2D eigenvalue weighted by Crippen LogP contribution is 2.32. The monoisotopic (exact) mass is 335 g/mol. The lowest BCUT2D eigenvalue weighted by molar-refractivity contribution is -0.704. The largest absolute Gasteiger partial charge is 0.454 e. The normalized spacial score (nSPS) is 13.6. The summed E-state index contributed by atoms with van der Waals surface area (Å²) in [6.07, 6.45) is 3.94. The van der Waals surface area contributed by atoms with E-state index < -0.39 is 0 Å². The number of hydrogen-bond acceptors (Lipinski definition) is 3. The number of nitrogens with zero attached hydrogens (tertiary/aromatic N) is 1. The lowest BCUT2D eigenvalue weighted by atomic mass is 10.1. The number of rotatable bonds is 4. The molecule has 0 unspecified atom stereocenters. The molecule has 1 atom stereocenters. The van der Waals surface area contributed by atoms with Crippen molar-refractivity contribution in [3.05, 3.63) is 66.5 Å². The van der Waals surface area contributed by atoms with Crippen LogP contribution in [0.4, 0.5) is 0 Å². The Morgan fingerprint density at radius 2 is 1.92 bits per heavy atom. The van der Waals surface area contributed by atoms with Crippen LogP contribution < -0.4 is 19.4 Å². The summed E-state index contributed by atoms with van der Waals surface area (Å²) in [5.74, 6) is 1.44. The van der Waals surface area contributed by atoms with Crippen LogP contribution in [0.1, 0.15) is 18.5 Å². The molecule has 0 radical (unpaired) electrons. The van der Waals surface area contributed by atoms with E-state index >= 15 is 0 Å². The minimum Gasteiger partial charge on any atom is -0.454 e. The number of carbonyl (C=O) groups is 1. The average Bonchev–Trinajstić information content (AvgIpc) is 3.13. The van der Waals surface area contributed by atoms with E-state index in [0.29, 0.717) is 6.54 Å². The minimum atomic E-state index is -0.293. The Balaban J connectivity index is 1.44. The van der Waals surface area contributed by atoms with Crippen LogP contribution in [0, 0.1) is 0 Å². The summed E-state index contributed by atoms with van der Waals surface area (Å²) in [5.41, 5.74) is 0.980. The zero-order valence-corrected chi connectivity index (χ0v) is 13.9. The molecule has 0 bridgehead atoms. The first kappa shape index (κ1) is 15.4. The number of fused-ring (bicyclic) bond motifs is 2. The summed E-state index contributed by atoms with van der Waals surface area (Å²) in [7, 11) is 0. The molecule has 4 rings (SSSR count). The van der Waals surface area contributed by atoms with Crippen LogP contribution in [-0.4, -0.2) is 12.7 Å². The van der Waals surface area contributed by atoms with Crippen molar-refractivity contribution in [2.24, 2.45) is 0 Å². The van der Waals surface area contributed by atoms with E-state index in [9.17, 15) is 4.79 Å². The molecule has 0 aliphatic carbocycles. The number of hydrogen-bond donors (Lipinski definition) is 1. The molecule has 0 saturated carbocycles. The lowest BCUT2D eigenvalue weighted by Crippen LogP contribution is -2.46. The number of pyridine rings is 1.